The van der Waals surface area contributed by atoms with Crippen LogP contribution in [0.1, 0.15) is 32.6 Å². The van der Waals surface area contributed by atoms with Crippen molar-refractivity contribution in [2.24, 2.45) is 5.41 Å². The molecule has 0 atom stereocenters. The molecule has 2 aromatic rings. The van der Waals surface area contributed by atoms with Crippen molar-refractivity contribution < 1.29 is 23.7 Å². The van der Waals surface area contributed by atoms with Crippen LogP contribution in [0.2, 0.25) is 0 Å². The van der Waals surface area contributed by atoms with Crippen LogP contribution in [-0.2, 0) is 19.0 Å². The van der Waals surface area contributed by atoms with Crippen molar-refractivity contribution in [3.63, 3.8) is 0 Å². The molecule has 1 spiro atoms. The summed E-state index contributed by atoms with van der Waals surface area (Å²) in [4.78, 5) is 12.7. The van der Waals surface area contributed by atoms with Gasteiger partial charge in [-0.3, -0.25) is 4.79 Å². The van der Waals surface area contributed by atoms with E-state index in [4.69, 9.17) is 18.9 Å². The third-order valence-electron chi connectivity index (χ3n) is 5.32. The minimum atomic E-state index is -0.679. The van der Waals surface area contributed by atoms with Gasteiger partial charge in [0.15, 0.2) is 5.79 Å². The minimum Gasteiger partial charge on any atom is -0.475 e. The van der Waals surface area contributed by atoms with Gasteiger partial charge in [-0.05, 0) is 43.4 Å². The zero-order valence-electron chi connectivity index (χ0n) is 14.9. The number of nitrogens with zero attached hydrogens (tertiary/aromatic N) is 1. The van der Waals surface area contributed by atoms with Crippen LogP contribution in [0.25, 0.3) is 10.1 Å². The first kappa shape index (κ1) is 17.7. The Balaban J connectivity index is 1.51. The van der Waals surface area contributed by atoms with Crippen LogP contribution in [0.4, 0.5) is 0 Å². The molecule has 6 nitrogen and oxygen atoms in total. The largest absolute Gasteiger partial charge is 0.475 e. The van der Waals surface area contributed by atoms with Gasteiger partial charge in [0.05, 0.1) is 29.9 Å². The van der Waals surface area contributed by atoms with Crippen molar-refractivity contribution in [3.05, 3.63) is 24.3 Å². The van der Waals surface area contributed by atoms with Gasteiger partial charge in [0.25, 0.3) is 0 Å². The van der Waals surface area contributed by atoms with Crippen LogP contribution in [0, 0.1) is 5.41 Å². The Kier molecular flexibility index (Phi) is 4.86. The van der Waals surface area contributed by atoms with Gasteiger partial charge in [-0.2, -0.15) is 4.37 Å². The molecule has 7 heteroatoms. The third kappa shape index (κ3) is 3.19. The normalized spacial score (nSPS) is 21.1. The fourth-order valence-corrected chi connectivity index (χ4v) is 4.49. The molecule has 2 fully saturated rings. The smallest absolute Gasteiger partial charge is 0.315 e. The second-order valence-electron chi connectivity index (χ2n) is 6.88. The molecule has 0 bridgehead atoms. The average molecular weight is 377 g/mol. The van der Waals surface area contributed by atoms with E-state index in [1.54, 1.807) is 0 Å². The van der Waals surface area contributed by atoms with Crippen LogP contribution in [-0.4, -0.2) is 42.6 Å². The van der Waals surface area contributed by atoms with E-state index in [0.717, 1.165) is 10.1 Å². The Bertz CT molecular complexity index is 773. The molecule has 0 radical (unpaired) electrons. The van der Waals surface area contributed by atoms with E-state index in [-0.39, 0.29) is 12.6 Å². The van der Waals surface area contributed by atoms with Crippen molar-refractivity contribution in [1.29, 1.82) is 0 Å². The van der Waals surface area contributed by atoms with Gasteiger partial charge < -0.3 is 18.9 Å². The van der Waals surface area contributed by atoms with Gasteiger partial charge >= 0.3 is 5.97 Å². The Morgan fingerprint density at radius 1 is 1.19 bits per heavy atom. The number of carbonyl (C=O) groups excluding carboxylic acids is 1. The summed E-state index contributed by atoms with van der Waals surface area (Å²) in [5, 5.41) is 0.978. The quantitative estimate of drug-likeness (QED) is 0.743. The Labute approximate surface area is 156 Å². The molecule has 1 aromatic carbocycles. The molecule has 1 aliphatic carbocycles. The topological polar surface area (TPSA) is 66.9 Å². The van der Waals surface area contributed by atoms with Gasteiger partial charge in [-0.25, -0.2) is 0 Å². The molecular weight excluding hydrogens is 354 g/mol. The fraction of sp³-hybridized carbons (Fsp3) is 0.579. The summed E-state index contributed by atoms with van der Waals surface area (Å²) in [5.74, 6) is -0.140. The van der Waals surface area contributed by atoms with Gasteiger partial charge in [-0.1, -0.05) is 12.1 Å². The van der Waals surface area contributed by atoms with Crippen molar-refractivity contribution in [2.45, 2.75) is 38.4 Å². The maximum Gasteiger partial charge on any atom is 0.315 e. The number of benzene rings is 1. The molecule has 140 valence electrons. The number of fused-ring (bicyclic) bond motifs is 1. The molecule has 1 saturated heterocycles. The first-order chi connectivity index (χ1) is 12.7. The van der Waals surface area contributed by atoms with E-state index in [1.807, 2.05) is 31.2 Å². The lowest BCUT2D eigenvalue weighted by Gasteiger charge is -2.41. The molecule has 4 rings (SSSR count). The minimum absolute atomic E-state index is 0.201. The van der Waals surface area contributed by atoms with Crippen molar-refractivity contribution in [1.82, 2.24) is 4.37 Å². The predicted molar refractivity (Wildman–Crippen MR) is 97.3 cm³/mol. The second kappa shape index (κ2) is 7.13. The number of carbonyl (C=O) groups is 1. The molecule has 0 amide bonds. The highest BCUT2D eigenvalue weighted by Gasteiger charge is 2.51. The van der Waals surface area contributed by atoms with Crippen molar-refractivity contribution in [3.8, 4) is 5.88 Å². The van der Waals surface area contributed by atoms with Crippen molar-refractivity contribution in [2.75, 3.05) is 26.4 Å². The Morgan fingerprint density at radius 3 is 2.65 bits per heavy atom. The monoisotopic (exact) mass is 377 g/mol. The number of aromatic nitrogens is 1. The lowest BCUT2D eigenvalue weighted by Crippen LogP contribution is -2.47. The van der Waals surface area contributed by atoms with E-state index in [0.29, 0.717) is 51.4 Å². The lowest BCUT2D eigenvalue weighted by molar-refractivity contribution is -0.201. The highest BCUT2D eigenvalue weighted by molar-refractivity contribution is 7.13. The molecule has 2 aliphatic rings. The molecule has 0 N–H and O–H groups in total. The first-order valence-electron chi connectivity index (χ1n) is 9.09. The van der Waals surface area contributed by atoms with Crippen LogP contribution in [0.15, 0.2) is 24.3 Å². The standard InChI is InChI=1S/C19H23NO5S/c1-2-22-17(21)18(7-9-19(10-8-18)24-11-12-25-19)13-23-16-14-5-3-4-6-15(14)26-20-16/h3-6H,2,7-13H2,1H3. The number of hydrogen-bond acceptors (Lipinski definition) is 7. The van der Waals surface area contributed by atoms with E-state index in [9.17, 15) is 4.79 Å². The number of esters is 1. The summed E-state index contributed by atoms with van der Waals surface area (Å²) < 4.78 is 28.5. The summed E-state index contributed by atoms with van der Waals surface area (Å²) in [7, 11) is 0. The zero-order chi connectivity index (χ0) is 18.0. The van der Waals surface area contributed by atoms with E-state index >= 15 is 0 Å². The number of rotatable bonds is 5. The lowest BCUT2D eigenvalue weighted by atomic mass is 9.72. The summed E-state index contributed by atoms with van der Waals surface area (Å²) >= 11 is 1.40. The highest BCUT2D eigenvalue weighted by atomic mass is 32.1. The third-order valence-corrected chi connectivity index (χ3v) is 6.13. The van der Waals surface area contributed by atoms with Crippen LogP contribution in [0.3, 0.4) is 0 Å². The molecular formula is C19H23NO5S. The van der Waals surface area contributed by atoms with Gasteiger partial charge in [0.2, 0.25) is 5.88 Å². The Hall–Kier alpha value is -1.70. The zero-order valence-corrected chi connectivity index (χ0v) is 15.7. The van der Waals surface area contributed by atoms with Crippen LogP contribution < -0.4 is 4.74 Å². The van der Waals surface area contributed by atoms with E-state index < -0.39 is 11.2 Å². The molecule has 0 unspecified atom stereocenters. The van der Waals surface area contributed by atoms with E-state index in [2.05, 4.69) is 4.37 Å². The molecule has 1 saturated carbocycles. The maximum atomic E-state index is 12.7. The number of hydrogen-bond donors (Lipinski definition) is 0. The molecule has 1 aliphatic heterocycles. The van der Waals surface area contributed by atoms with Crippen molar-refractivity contribution >= 4 is 27.6 Å². The highest BCUT2D eigenvalue weighted by Crippen LogP contribution is 2.46. The summed E-state index contributed by atoms with van der Waals surface area (Å²) in [6, 6.07) is 7.94. The van der Waals surface area contributed by atoms with Gasteiger partial charge in [0, 0.05) is 12.8 Å². The van der Waals surface area contributed by atoms with Crippen LogP contribution >= 0.6 is 11.5 Å². The average Bonchev–Trinajstić information content (AvgIpc) is 3.29. The predicted octanol–water partition coefficient (Wildman–Crippen LogP) is 3.54. The second-order valence-corrected chi connectivity index (χ2v) is 7.69. The number of ether oxygens (including phenoxy) is 4. The molecule has 1 aromatic heterocycles. The summed E-state index contributed by atoms with van der Waals surface area (Å²) in [5.41, 5.74) is -0.679. The summed E-state index contributed by atoms with van der Waals surface area (Å²) in [6.07, 6.45) is 2.59. The maximum absolute atomic E-state index is 12.7. The molecule has 26 heavy (non-hydrogen) atoms. The molecule has 2 heterocycles. The Morgan fingerprint density at radius 2 is 1.92 bits per heavy atom. The first-order valence-corrected chi connectivity index (χ1v) is 9.86. The SMILES string of the molecule is CCOC(=O)C1(COc2nsc3ccccc23)CCC2(CC1)OCCO2. The van der Waals surface area contributed by atoms with Crippen LogP contribution in [0.5, 0.6) is 5.88 Å². The van der Waals surface area contributed by atoms with Gasteiger partial charge in [0.1, 0.15) is 12.0 Å². The van der Waals surface area contributed by atoms with Gasteiger partial charge in [-0.15, -0.1) is 0 Å². The fourth-order valence-electron chi connectivity index (χ4n) is 3.76. The summed E-state index contributed by atoms with van der Waals surface area (Å²) in [6.45, 7) is 3.68. The van der Waals surface area contributed by atoms with E-state index in [1.165, 1.54) is 11.5 Å².